The van der Waals surface area contributed by atoms with Crippen molar-refractivity contribution in [3.63, 3.8) is 0 Å². The second-order valence-corrected chi connectivity index (χ2v) is 3.22. The molecular formula is C9H7ClN2O3. The number of carbonyl (C=O) groups excluding carboxylic acids is 1. The van der Waals surface area contributed by atoms with E-state index in [1.807, 2.05) is 0 Å². The Morgan fingerprint density at radius 3 is 2.87 bits per heavy atom. The highest BCUT2D eigenvalue weighted by Gasteiger charge is 2.12. The first kappa shape index (κ1) is 9.79. The first-order valence-corrected chi connectivity index (χ1v) is 4.52. The van der Waals surface area contributed by atoms with Gasteiger partial charge in [0.15, 0.2) is 11.0 Å². The zero-order valence-corrected chi connectivity index (χ0v) is 8.54. The van der Waals surface area contributed by atoms with Crippen molar-refractivity contribution in [2.75, 3.05) is 5.32 Å². The molecule has 5 nitrogen and oxygen atoms in total. The van der Waals surface area contributed by atoms with Crippen LogP contribution >= 0.6 is 11.6 Å². The van der Waals surface area contributed by atoms with Crippen molar-refractivity contribution in [2.45, 2.75) is 6.92 Å². The van der Waals surface area contributed by atoms with Crippen LogP contribution < -0.4 is 5.32 Å². The van der Waals surface area contributed by atoms with Crippen LogP contribution in [0, 0.1) is 6.92 Å². The lowest BCUT2D eigenvalue weighted by Gasteiger charge is -1.95. The van der Waals surface area contributed by atoms with Crippen LogP contribution in [0.2, 0.25) is 5.22 Å². The Balaban J connectivity index is 2.10. The Labute approximate surface area is 90.0 Å². The summed E-state index contributed by atoms with van der Waals surface area (Å²) in [5, 5.41) is 2.58. The van der Waals surface area contributed by atoms with E-state index in [4.69, 9.17) is 20.4 Å². The Morgan fingerprint density at radius 1 is 1.53 bits per heavy atom. The molecule has 0 atom stereocenters. The fraction of sp³-hybridized carbons (Fsp3) is 0.111. The molecule has 2 rings (SSSR count). The third kappa shape index (κ3) is 2.19. The average molecular weight is 227 g/mol. The number of hydrogen-bond acceptors (Lipinski definition) is 4. The lowest BCUT2D eigenvalue weighted by Crippen LogP contribution is -2.10. The van der Waals surface area contributed by atoms with E-state index in [2.05, 4.69) is 10.3 Å². The quantitative estimate of drug-likeness (QED) is 0.854. The summed E-state index contributed by atoms with van der Waals surface area (Å²) in [6, 6.07) is 3.08. The standard InChI is InChI=1S/C9H7ClN2O3/c1-5-4-14-9(11-5)12-8(13)6-2-3-7(10)15-6/h2-4H,1H3,(H,11,12,13). The third-order valence-electron chi connectivity index (χ3n) is 1.64. The number of amides is 1. The van der Waals surface area contributed by atoms with Crippen molar-refractivity contribution in [3.05, 3.63) is 35.1 Å². The molecule has 6 heteroatoms. The molecule has 0 fully saturated rings. The number of nitrogens with zero attached hydrogens (tertiary/aromatic N) is 1. The molecular weight excluding hydrogens is 220 g/mol. The molecule has 0 unspecified atom stereocenters. The molecule has 15 heavy (non-hydrogen) atoms. The van der Waals surface area contributed by atoms with Gasteiger partial charge in [0.25, 0.3) is 5.91 Å². The lowest BCUT2D eigenvalue weighted by atomic mass is 10.4. The van der Waals surface area contributed by atoms with Crippen molar-refractivity contribution in [3.8, 4) is 0 Å². The van der Waals surface area contributed by atoms with Crippen LogP contribution in [-0.4, -0.2) is 10.9 Å². The van der Waals surface area contributed by atoms with Crippen molar-refractivity contribution >= 4 is 23.5 Å². The maximum atomic E-state index is 11.5. The number of rotatable bonds is 2. The topological polar surface area (TPSA) is 68.3 Å². The van der Waals surface area contributed by atoms with Gasteiger partial charge in [-0.3, -0.25) is 10.1 Å². The fourth-order valence-electron chi connectivity index (χ4n) is 1.01. The number of oxazole rings is 1. The molecule has 1 amide bonds. The zero-order chi connectivity index (χ0) is 10.8. The predicted octanol–water partition coefficient (Wildman–Crippen LogP) is 2.48. The van der Waals surface area contributed by atoms with Gasteiger partial charge >= 0.3 is 6.01 Å². The molecule has 0 aliphatic heterocycles. The number of halogens is 1. The van der Waals surface area contributed by atoms with Crippen LogP contribution in [0.4, 0.5) is 6.01 Å². The van der Waals surface area contributed by atoms with E-state index in [-0.39, 0.29) is 17.0 Å². The number of hydrogen-bond donors (Lipinski definition) is 1. The second kappa shape index (κ2) is 3.78. The van der Waals surface area contributed by atoms with E-state index < -0.39 is 5.91 Å². The van der Waals surface area contributed by atoms with E-state index in [1.54, 1.807) is 6.92 Å². The number of aromatic nitrogens is 1. The van der Waals surface area contributed by atoms with Crippen LogP contribution in [0.5, 0.6) is 0 Å². The van der Waals surface area contributed by atoms with Crippen LogP contribution in [-0.2, 0) is 0 Å². The van der Waals surface area contributed by atoms with Gasteiger partial charge in [0.2, 0.25) is 0 Å². The lowest BCUT2D eigenvalue weighted by molar-refractivity contribution is 0.0994. The van der Waals surface area contributed by atoms with Gasteiger partial charge in [0.05, 0.1) is 5.69 Å². The number of furan rings is 1. The summed E-state index contributed by atoms with van der Waals surface area (Å²) in [5.41, 5.74) is 0.683. The van der Waals surface area contributed by atoms with Crippen LogP contribution in [0.15, 0.2) is 27.2 Å². The van der Waals surface area contributed by atoms with E-state index in [0.717, 1.165) is 0 Å². The van der Waals surface area contributed by atoms with Crippen molar-refractivity contribution in [1.29, 1.82) is 0 Å². The van der Waals surface area contributed by atoms with Gasteiger partial charge in [0.1, 0.15) is 6.26 Å². The van der Waals surface area contributed by atoms with E-state index in [9.17, 15) is 4.79 Å². The van der Waals surface area contributed by atoms with Gasteiger partial charge in [0, 0.05) is 0 Å². The molecule has 0 radical (unpaired) electrons. The van der Waals surface area contributed by atoms with E-state index in [1.165, 1.54) is 18.4 Å². The van der Waals surface area contributed by atoms with E-state index >= 15 is 0 Å². The van der Waals surface area contributed by atoms with Gasteiger partial charge in [-0.2, -0.15) is 4.98 Å². The van der Waals surface area contributed by atoms with Gasteiger partial charge in [-0.15, -0.1) is 0 Å². The minimum atomic E-state index is -0.455. The number of nitrogens with one attached hydrogen (secondary N) is 1. The molecule has 2 aromatic rings. The Kier molecular flexibility index (Phi) is 2.47. The van der Waals surface area contributed by atoms with Crippen molar-refractivity contribution in [2.24, 2.45) is 0 Å². The van der Waals surface area contributed by atoms with Gasteiger partial charge < -0.3 is 8.83 Å². The first-order valence-electron chi connectivity index (χ1n) is 4.14. The van der Waals surface area contributed by atoms with Gasteiger partial charge in [-0.05, 0) is 30.7 Å². The molecule has 0 spiro atoms. The average Bonchev–Trinajstić information content (AvgIpc) is 2.75. The van der Waals surface area contributed by atoms with Crippen LogP contribution in [0.3, 0.4) is 0 Å². The largest absolute Gasteiger partial charge is 0.440 e. The molecule has 2 aromatic heterocycles. The van der Waals surface area contributed by atoms with Crippen LogP contribution in [0.25, 0.3) is 0 Å². The predicted molar refractivity (Wildman–Crippen MR) is 52.9 cm³/mol. The minimum absolute atomic E-state index is 0.107. The second-order valence-electron chi connectivity index (χ2n) is 2.85. The van der Waals surface area contributed by atoms with Crippen LogP contribution in [0.1, 0.15) is 16.2 Å². The van der Waals surface area contributed by atoms with Gasteiger partial charge in [-0.1, -0.05) is 0 Å². The summed E-state index contributed by atoms with van der Waals surface area (Å²) in [4.78, 5) is 15.4. The molecule has 0 aliphatic rings. The number of anilines is 1. The molecule has 0 saturated heterocycles. The smallest absolute Gasteiger partial charge is 0.301 e. The maximum Gasteiger partial charge on any atom is 0.301 e. The molecule has 1 N–H and O–H groups in total. The third-order valence-corrected chi connectivity index (χ3v) is 1.84. The summed E-state index contributed by atoms with van der Waals surface area (Å²) in [6.45, 7) is 1.75. The van der Waals surface area contributed by atoms with Crippen molar-refractivity contribution < 1.29 is 13.6 Å². The zero-order valence-electron chi connectivity index (χ0n) is 7.78. The summed E-state index contributed by atoms with van der Waals surface area (Å²) in [5.74, 6) is -0.348. The Morgan fingerprint density at radius 2 is 2.33 bits per heavy atom. The molecule has 0 aromatic carbocycles. The molecule has 0 saturated carbocycles. The number of aryl methyl sites for hydroxylation is 1. The monoisotopic (exact) mass is 226 g/mol. The highest BCUT2D eigenvalue weighted by molar-refractivity contribution is 6.29. The maximum absolute atomic E-state index is 11.5. The van der Waals surface area contributed by atoms with Crippen molar-refractivity contribution in [1.82, 2.24) is 4.98 Å². The highest BCUT2D eigenvalue weighted by atomic mass is 35.5. The molecule has 0 aliphatic carbocycles. The summed E-state index contributed by atoms with van der Waals surface area (Å²) in [7, 11) is 0. The Hall–Kier alpha value is -1.75. The molecule has 0 bridgehead atoms. The molecule has 2 heterocycles. The Bertz CT molecular complexity index is 489. The fourth-order valence-corrected chi connectivity index (χ4v) is 1.15. The van der Waals surface area contributed by atoms with Gasteiger partial charge in [-0.25, -0.2) is 0 Å². The normalized spacial score (nSPS) is 10.3. The number of carbonyl (C=O) groups is 1. The summed E-state index contributed by atoms with van der Waals surface area (Å²) < 4.78 is 9.85. The summed E-state index contributed by atoms with van der Waals surface area (Å²) in [6.07, 6.45) is 1.44. The highest BCUT2D eigenvalue weighted by Crippen LogP contribution is 2.15. The minimum Gasteiger partial charge on any atom is -0.440 e. The van der Waals surface area contributed by atoms with E-state index in [0.29, 0.717) is 5.69 Å². The summed E-state index contributed by atoms with van der Waals surface area (Å²) >= 11 is 5.53. The molecule has 78 valence electrons. The first-order chi connectivity index (χ1) is 7.15. The SMILES string of the molecule is Cc1coc(NC(=O)c2ccc(Cl)o2)n1.